The van der Waals surface area contributed by atoms with Gasteiger partial charge in [0.2, 0.25) is 10.0 Å². The van der Waals surface area contributed by atoms with Crippen molar-refractivity contribution in [3.63, 3.8) is 0 Å². The van der Waals surface area contributed by atoms with Gasteiger partial charge in [-0.2, -0.15) is 0 Å². The van der Waals surface area contributed by atoms with Crippen molar-refractivity contribution in [1.29, 1.82) is 0 Å². The van der Waals surface area contributed by atoms with E-state index < -0.39 is 10.0 Å². The molecule has 1 rings (SSSR count). The lowest BCUT2D eigenvalue weighted by Gasteiger charge is -1.93. The van der Waals surface area contributed by atoms with Gasteiger partial charge in [0.15, 0.2) is 0 Å². The van der Waals surface area contributed by atoms with Crippen molar-refractivity contribution in [2.24, 2.45) is 5.14 Å². The molecule has 0 saturated carbocycles. The summed E-state index contributed by atoms with van der Waals surface area (Å²) in [5.41, 5.74) is 0. The summed E-state index contributed by atoms with van der Waals surface area (Å²) in [5, 5.41) is 4.83. The van der Waals surface area contributed by atoms with Gasteiger partial charge in [-0.3, -0.25) is 0 Å². The van der Waals surface area contributed by atoms with Crippen LogP contribution in [0.5, 0.6) is 0 Å². The zero-order valence-electron chi connectivity index (χ0n) is 10.0. The zero-order chi connectivity index (χ0) is 12.4. The molecule has 16 heavy (non-hydrogen) atoms. The first-order chi connectivity index (χ1) is 7.52. The van der Waals surface area contributed by atoms with Crippen LogP contribution in [0.4, 0.5) is 0 Å². The molecule has 2 N–H and O–H groups in total. The predicted octanol–water partition coefficient (Wildman–Crippen LogP) is 2.92. The lowest BCUT2D eigenvalue weighted by molar-refractivity contribution is 0.598. The third-order valence-electron chi connectivity index (χ3n) is 2.03. The maximum absolute atomic E-state index is 10.6. The zero-order valence-corrected chi connectivity index (χ0v) is 10.8. The second-order valence-corrected chi connectivity index (χ2v) is 5.13. The Morgan fingerprint density at radius 2 is 1.44 bits per heavy atom. The summed E-state index contributed by atoms with van der Waals surface area (Å²) in [6.45, 7) is 4.46. The van der Waals surface area contributed by atoms with Crippen LogP contribution in [0.25, 0.3) is 0 Å². The van der Waals surface area contributed by atoms with E-state index in [-0.39, 0.29) is 4.90 Å². The largest absolute Gasteiger partial charge is 0.238 e. The monoisotopic (exact) mass is 243 g/mol. The molecule has 0 atom stereocenters. The molecule has 0 aliphatic carbocycles. The van der Waals surface area contributed by atoms with Gasteiger partial charge in [0, 0.05) is 0 Å². The smallest absolute Gasteiger partial charge is 0.225 e. The third kappa shape index (κ3) is 7.43. The minimum atomic E-state index is -3.50. The van der Waals surface area contributed by atoms with Crippen molar-refractivity contribution in [3.05, 3.63) is 30.3 Å². The van der Waals surface area contributed by atoms with E-state index >= 15 is 0 Å². The van der Waals surface area contributed by atoms with E-state index in [1.807, 2.05) is 0 Å². The molecule has 0 radical (unpaired) electrons. The molecule has 0 amide bonds. The molecule has 0 bridgehead atoms. The second-order valence-electron chi connectivity index (χ2n) is 3.57. The highest BCUT2D eigenvalue weighted by molar-refractivity contribution is 7.89. The number of hydrogen-bond donors (Lipinski definition) is 1. The summed E-state index contributed by atoms with van der Waals surface area (Å²) in [6.07, 6.45) is 5.54. The molecule has 92 valence electrons. The summed E-state index contributed by atoms with van der Waals surface area (Å²) < 4.78 is 21.2. The number of sulfonamides is 1. The van der Waals surface area contributed by atoms with Crippen LogP contribution in [0.15, 0.2) is 35.2 Å². The molecule has 0 saturated heterocycles. The lowest BCUT2D eigenvalue weighted by atomic mass is 10.2. The maximum Gasteiger partial charge on any atom is 0.238 e. The third-order valence-corrected chi connectivity index (χ3v) is 2.96. The standard InChI is InChI=1S/C6H7NO2S.C6H14/c7-10(8,9)6-4-2-1-3-5-6;1-3-5-6-4-2/h1-5H,(H2,7,8,9);3-6H2,1-2H3. The van der Waals surface area contributed by atoms with E-state index in [0.29, 0.717) is 0 Å². The minimum Gasteiger partial charge on any atom is -0.225 e. The van der Waals surface area contributed by atoms with Gasteiger partial charge < -0.3 is 0 Å². The van der Waals surface area contributed by atoms with Crippen LogP contribution in [0.1, 0.15) is 39.5 Å². The first kappa shape index (κ1) is 15.1. The van der Waals surface area contributed by atoms with E-state index in [0.717, 1.165) is 0 Å². The molecule has 0 unspecified atom stereocenters. The van der Waals surface area contributed by atoms with Gasteiger partial charge in [-0.25, -0.2) is 13.6 Å². The fourth-order valence-electron chi connectivity index (χ4n) is 1.11. The van der Waals surface area contributed by atoms with Crippen molar-refractivity contribution < 1.29 is 8.42 Å². The molecule has 0 aliphatic rings. The van der Waals surface area contributed by atoms with Crippen molar-refractivity contribution >= 4 is 10.0 Å². The number of nitrogens with two attached hydrogens (primary N) is 1. The molecule has 4 heteroatoms. The summed E-state index contributed by atoms with van der Waals surface area (Å²) in [6, 6.07) is 7.89. The van der Waals surface area contributed by atoms with Crippen LogP contribution in [0.3, 0.4) is 0 Å². The van der Waals surface area contributed by atoms with Gasteiger partial charge in [-0.05, 0) is 12.1 Å². The lowest BCUT2D eigenvalue weighted by Crippen LogP contribution is -2.11. The van der Waals surface area contributed by atoms with Crippen molar-refractivity contribution in [3.8, 4) is 0 Å². The first-order valence-electron chi connectivity index (χ1n) is 5.60. The van der Waals surface area contributed by atoms with E-state index in [2.05, 4.69) is 13.8 Å². The number of rotatable bonds is 4. The normalized spacial score (nSPS) is 10.4. The van der Waals surface area contributed by atoms with Crippen LogP contribution >= 0.6 is 0 Å². The number of benzene rings is 1. The summed E-state index contributed by atoms with van der Waals surface area (Å²) in [5.74, 6) is 0. The van der Waals surface area contributed by atoms with E-state index in [9.17, 15) is 8.42 Å². The Bertz CT molecular complexity index is 356. The first-order valence-corrected chi connectivity index (χ1v) is 7.14. The molecule has 0 aromatic heterocycles. The van der Waals surface area contributed by atoms with Gasteiger partial charge in [0.05, 0.1) is 4.90 Å². The fraction of sp³-hybridized carbons (Fsp3) is 0.500. The predicted molar refractivity (Wildman–Crippen MR) is 67.6 cm³/mol. The highest BCUT2D eigenvalue weighted by Crippen LogP contribution is 2.03. The highest BCUT2D eigenvalue weighted by Gasteiger charge is 2.03. The molecule has 1 aromatic rings. The van der Waals surface area contributed by atoms with Crippen molar-refractivity contribution in [2.45, 2.75) is 44.4 Å². The summed E-state index contributed by atoms with van der Waals surface area (Å²) >= 11 is 0. The minimum absolute atomic E-state index is 0.148. The quantitative estimate of drug-likeness (QED) is 0.826. The average Bonchev–Trinajstić information content (AvgIpc) is 2.27. The molecular formula is C12H21NO2S. The van der Waals surface area contributed by atoms with Gasteiger partial charge >= 0.3 is 0 Å². The Kier molecular flexibility index (Phi) is 7.85. The highest BCUT2D eigenvalue weighted by atomic mass is 32.2. The Hall–Kier alpha value is -0.870. The Morgan fingerprint density at radius 3 is 1.69 bits per heavy atom. The van der Waals surface area contributed by atoms with Gasteiger partial charge in [0.25, 0.3) is 0 Å². The van der Waals surface area contributed by atoms with Gasteiger partial charge in [-0.15, -0.1) is 0 Å². The average molecular weight is 243 g/mol. The van der Waals surface area contributed by atoms with E-state index in [1.54, 1.807) is 18.2 Å². The fourth-order valence-corrected chi connectivity index (χ4v) is 1.65. The Labute approximate surface area is 98.7 Å². The molecule has 0 heterocycles. The number of hydrogen-bond acceptors (Lipinski definition) is 2. The maximum atomic E-state index is 10.6. The molecule has 0 aliphatic heterocycles. The molecule has 1 aromatic carbocycles. The van der Waals surface area contributed by atoms with Crippen molar-refractivity contribution in [2.75, 3.05) is 0 Å². The Balaban J connectivity index is 0.000000325. The SMILES string of the molecule is CCCCCC.NS(=O)(=O)c1ccccc1. The van der Waals surface area contributed by atoms with Crippen LogP contribution < -0.4 is 5.14 Å². The topological polar surface area (TPSA) is 60.2 Å². The van der Waals surface area contributed by atoms with Crippen LogP contribution in [0, 0.1) is 0 Å². The summed E-state index contributed by atoms with van der Waals surface area (Å²) in [4.78, 5) is 0.148. The van der Waals surface area contributed by atoms with Crippen molar-refractivity contribution in [1.82, 2.24) is 0 Å². The van der Waals surface area contributed by atoms with Crippen LogP contribution in [-0.2, 0) is 10.0 Å². The molecule has 3 nitrogen and oxygen atoms in total. The summed E-state index contributed by atoms with van der Waals surface area (Å²) in [7, 11) is -3.50. The van der Waals surface area contributed by atoms with E-state index in [1.165, 1.54) is 37.8 Å². The van der Waals surface area contributed by atoms with Gasteiger partial charge in [-0.1, -0.05) is 57.7 Å². The molecule has 0 fully saturated rings. The molecule has 0 spiro atoms. The van der Waals surface area contributed by atoms with E-state index in [4.69, 9.17) is 5.14 Å². The molecular weight excluding hydrogens is 222 g/mol. The second kappa shape index (κ2) is 8.30. The Morgan fingerprint density at radius 1 is 1.00 bits per heavy atom. The number of unbranched alkanes of at least 4 members (excludes halogenated alkanes) is 3. The van der Waals surface area contributed by atoms with Crippen LogP contribution in [0.2, 0.25) is 0 Å². The number of primary sulfonamides is 1. The van der Waals surface area contributed by atoms with Crippen LogP contribution in [-0.4, -0.2) is 8.42 Å². The van der Waals surface area contributed by atoms with Gasteiger partial charge in [0.1, 0.15) is 0 Å².